The number of carbonyl (C=O) groups is 1. The summed E-state index contributed by atoms with van der Waals surface area (Å²) in [6.45, 7) is 1.63. The molecule has 1 N–H and O–H groups in total. The highest BCUT2D eigenvalue weighted by Gasteiger charge is 2.16. The van der Waals surface area contributed by atoms with Gasteiger partial charge in [-0.15, -0.1) is 0 Å². The predicted molar refractivity (Wildman–Crippen MR) is 124 cm³/mol. The first-order valence-corrected chi connectivity index (χ1v) is 10.1. The first-order valence-electron chi connectivity index (χ1n) is 9.38. The van der Waals surface area contributed by atoms with Crippen molar-refractivity contribution in [3.63, 3.8) is 0 Å². The molecule has 30 heavy (non-hydrogen) atoms. The Kier molecular flexibility index (Phi) is 5.88. The Labute approximate surface area is 184 Å². The highest BCUT2D eigenvalue weighted by atomic mass is 35.5. The van der Waals surface area contributed by atoms with Gasteiger partial charge in [0.1, 0.15) is 5.75 Å². The third-order valence-corrected chi connectivity index (χ3v) is 5.28. The Morgan fingerprint density at radius 1 is 0.967 bits per heavy atom. The first kappa shape index (κ1) is 20.2. The maximum Gasteiger partial charge on any atom is 0.280 e. The summed E-state index contributed by atoms with van der Waals surface area (Å²) in [5.74, 6) is -0.00504. The van der Waals surface area contributed by atoms with Crippen molar-refractivity contribution >= 4 is 56.9 Å². The van der Waals surface area contributed by atoms with Crippen molar-refractivity contribution in [2.45, 2.75) is 13.0 Å². The van der Waals surface area contributed by atoms with E-state index in [4.69, 9.17) is 27.9 Å². The lowest BCUT2D eigenvalue weighted by Crippen LogP contribution is -2.33. The van der Waals surface area contributed by atoms with Gasteiger partial charge in [-0.2, -0.15) is 5.10 Å². The van der Waals surface area contributed by atoms with Crippen molar-refractivity contribution in [3.8, 4) is 5.75 Å². The van der Waals surface area contributed by atoms with Gasteiger partial charge in [-0.3, -0.25) is 4.79 Å². The van der Waals surface area contributed by atoms with Crippen LogP contribution in [0.1, 0.15) is 12.5 Å². The van der Waals surface area contributed by atoms with Gasteiger partial charge in [0.05, 0.1) is 11.2 Å². The summed E-state index contributed by atoms with van der Waals surface area (Å²) in [5, 5.41) is 9.36. The summed E-state index contributed by atoms with van der Waals surface area (Å²) in [6.07, 6.45) is 0.884. The summed E-state index contributed by atoms with van der Waals surface area (Å²) in [4.78, 5) is 12.4. The van der Waals surface area contributed by atoms with Crippen LogP contribution in [-0.4, -0.2) is 18.2 Å². The molecule has 1 unspecified atom stereocenters. The van der Waals surface area contributed by atoms with E-state index in [-0.39, 0.29) is 5.91 Å². The van der Waals surface area contributed by atoms with Crippen LogP contribution in [0.15, 0.2) is 77.9 Å². The molecule has 0 saturated carbocycles. The van der Waals surface area contributed by atoms with Crippen LogP contribution in [0.5, 0.6) is 5.75 Å². The van der Waals surface area contributed by atoms with Crippen LogP contribution in [0.25, 0.3) is 21.5 Å². The van der Waals surface area contributed by atoms with Crippen LogP contribution in [0.2, 0.25) is 10.0 Å². The molecule has 0 saturated heterocycles. The summed E-state index contributed by atoms with van der Waals surface area (Å²) in [6, 6.07) is 23.2. The normalized spacial score (nSPS) is 12.4. The van der Waals surface area contributed by atoms with E-state index in [1.165, 1.54) is 0 Å². The molecule has 4 aromatic rings. The molecule has 0 heterocycles. The Morgan fingerprint density at radius 3 is 2.23 bits per heavy atom. The van der Waals surface area contributed by atoms with Gasteiger partial charge in [0.2, 0.25) is 0 Å². The van der Waals surface area contributed by atoms with Crippen molar-refractivity contribution in [2.24, 2.45) is 5.10 Å². The largest absolute Gasteiger partial charge is 0.479 e. The van der Waals surface area contributed by atoms with E-state index < -0.39 is 6.10 Å². The molecule has 0 bridgehead atoms. The lowest BCUT2D eigenvalue weighted by Gasteiger charge is -2.14. The van der Waals surface area contributed by atoms with Crippen molar-refractivity contribution in [1.82, 2.24) is 5.43 Å². The third-order valence-electron chi connectivity index (χ3n) is 4.75. The number of benzene rings is 4. The zero-order valence-electron chi connectivity index (χ0n) is 16.1. The van der Waals surface area contributed by atoms with Crippen LogP contribution < -0.4 is 10.2 Å². The average Bonchev–Trinajstić information content (AvgIpc) is 2.75. The Morgan fingerprint density at radius 2 is 1.60 bits per heavy atom. The van der Waals surface area contributed by atoms with E-state index in [2.05, 4.69) is 28.7 Å². The molecule has 4 nitrogen and oxygen atoms in total. The summed E-state index contributed by atoms with van der Waals surface area (Å²) in [5.41, 5.74) is 3.49. The molecule has 4 rings (SSSR count). The molecule has 4 aromatic carbocycles. The molecular weight excluding hydrogens is 419 g/mol. The van der Waals surface area contributed by atoms with Crippen LogP contribution in [0, 0.1) is 0 Å². The first-order chi connectivity index (χ1) is 14.5. The number of hydrogen-bond acceptors (Lipinski definition) is 3. The number of carbonyl (C=O) groups excluding carboxylic acids is 1. The fraction of sp³-hybridized carbons (Fsp3) is 0.0833. The number of hydrazone groups is 1. The molecule has 6 heteroatoms. The van der Waals surface area contributed by atoms with Gasteiger partial charge in [0, 0.05) is 10.6 Å². The number of amides is 1. The quantitative estimate of drug-likeness (QED) is 0.229. The smallest absolute Gasteiger partial charge is 0.280 e. The van der Waals surface area contributed by atoms with Gasteiger partial charge in [0.25, 0.3) is 5.91 Å². The van der Waals surface area contributed by atoms with Gasteiger partial charge in [-0.25, -0.2) is 5.43 Å². The topological polar surface area (TPSA) is 50.7 Å². The number of halogens is 2. The molecule has 1 atom stereocenters. The number of rotatable bonds is 5. The molecule has 0 aliphatic rings. The van der Waals surface area contributed by atoms with Gasteiger partial charge in [-0.1, -0.05) is 71.7 Å². The van der Waals surface area contributed by atoms with Crippen LogP contribution in [-0.2, 0) is 4.79 Å². The van der Waals surface area contributed by atoms with Crippen molar-refractivity contribution in [1.29, 1.82) is 0 Å². The molecular formula is C24H18Cl2N2O2. The van der Waals surface area contributed by atoms with E-state index in [0.717, 1.165) is 27.1 Å². The van der Waals surface area contributed by atoms with Crippen molar-refractivity contribution in [3.05, 3.63) is 88.4 Å². The number of nitrogens with one attached hydrogen (secondary N) is 1. The maximum atomic E-state index is 12.4. The lowest BCUT2D eigenvalue weighted by molar-refractivity contribution is -0.127. The summed E-state index contributed by atoms with van der Waals surface area (Å²) in [7, 11) is 0. The number of fused-ring (bicyclic) bond motifs is 2. The highest BCUT2D eigenvalue weighted by molar-refractivity contribution is 6.35. The van der Waals surface area contributed by atoms with Crippen LogP contribution in [0.4, 0.5) is 0 Å². The Bertz CT molecular complexity index is 1220. The second-order valence-corrected chi connectivity index (χ2v) is 7.65. The molecule has 0 radical (unpaired) electrons. The number of ether oxygens (including phenoxy) is 1. The molecule has 1 amide bonds. The fourth-order valence-corrected chi connectivity index (χ4v) is 3.71. The highest BCUT2D eigenvalue weighted by Crippen LogP contribution is 2.29. The van der Waals surface area contributed by atoms with Gasteiger partial charge < -0.3 is 4.74 Å². The van der Waals surface area contributed by atoms with E-state index >= 15 is 0 Å². The van der Waals surface area contributed by atoms with Crippen LogP contribution >= 0.6 is 23.2 Å². The summed E-state index contributed by atoms with van der Waals surface area (Å²) < 4.78 is 5.63. The minimum Gasteiger partial charge on any atom is -0.479 e. The Balaban J connectivity index is 1.55. The molecule has 0 aromatic heterocycles. The zero-order valence-corrected chi connectivity index (χ0v) is 17.6. The van der Waals surface area contributed by atoms with Crippen LogP contribution in [0.3, 0.4) is 0 Å². The molecule has 0 aliphatic heterocycles. The van der Waals surface area contributed by atoms with Gasteiger partial charge >= 0.3 is 0 Å². The molecule has 150 valence electrons. The molecule has 0 spiro atoms. The minimum absolute atomic E-state index is 0.341. The minimum atomic E-state index is -0.787. The second kappa shape index (κ2) is 8.74. The van der Waals surface area contributed by atoms with E-state index in [9.17, 15) is 4.79 Å². The zero-order chi connectivity index (χ0) is 21.1. The SMILES string of the molecule is CC(Oc1ccc(Cl)cc1Cl)C(=O)N/N=C/c1c2ccccc2cc2ccccc12. The van der Waals surface area contributed by atoms with Gasteiger partial charge in [0.15, 0.2) is 6.10 Å². The lowest BCUT2D eigenvalue weighted by atomic mass is 9.97. The van der Waals surface area contributed by atoms with Gasteiger partial charge in [-0.05, 0) is 52.7 Å². The maximum absolute atomic E-state index is 12.4. The molecule has 0 fully saturated rings. The second-order valence-electron chi connectivity index (χ2n) is 6.80. The van der Waals surface area contributed by atoms with Crippen molar-refractivity contribution < 1.29 is 9.53 Å². The van der Waals surface area contributed by atoms with Crippen molar-refractivity contribution in [2.75, 3.05) is 0 Å². The van der Waals surface area contributed by atoms with E-state index in [1.54, 1.807) is 31.3 Å². The molecule has 0 aliphatic carbocycles. The Hall–Kier alpha value is -3.08. The fourth-order valence-electron chi connectivity index (χ4n) is 3.25. The number of nitrogens with zero attached hydrogens (tertiary/aromatic N) is 1. The standard InChI is InChI=1S/C24H18Cl2N2O2/c1-15(30-23-11-10-18(25)13-22(23)26)24(29)28-27-14-21-19-8-4-2-6-16(19)12-17-7-3-5-9-20(17)21/h2-15H,1H3,(H,28,29)/b27-14+. The summed E-state index contributed by atoms with van der Waals surface area (Å²) >= 11 is 12.0. The van der Waals surface area contributed by atoms with E-state index in [1.807, 2.05) is 36.4 Å². The monoisotopic (exact) mass is 436 g/mol. The van der Waals surface area contributed by atoms with E-state index in [0.29, 0.717) is 15.8 Å². The number of hydrogen-bond donors (Lipinski definition) is 1. The predicted octanol–water partition coefficient (Wildman–Crippen LogP) is 6.22. The average molecular weight is 437 g/mol. The third kappa shape index (κ3) is 4.25.